The lowest BCUT2D eigenvalue weighted by Gasteiger charge is -2.51. The summed E-state index contributed by atoms with van der Waals surface area (Å²) in [4.78, 5) is 14.9. The number of hydrogen-bond donors (Lipinski definition) is 0. The molecule has 0 N–H and O–H groups in total. The summed E-state index contributed by atoms with van der Waals surface area (Å²) in [5.74, 6) is 0.227. The number of benzene rings is 2. The number of fused-ring (bicyclic) bond motifs is 1. The lowest BCUT2D eigenvalue weighted by atomic mass is 9.65. The highest BCUT2D eigenvalue weighted by molar-refractivity contribution is 5.96. The Bertz CT molecular complexity index is 735. The van der Waals surface area contributed by atoms with Crippen molar-refractivity contribution in [1.82, 2.24) is 0 Å². The van der Waals surface area contributed by atoms with Crippen LogP contribution in [0.2, 0.25) is 0 Å². The SMILES string of the molecule is CCCC(=O)N1c2ccccc2[C@](C)(c2ccccc2)CC1(C)C. The highest BCUT2D eigenvalue weighted by Gasteiger charge is 2.47. The van der Waals surface area contributed by atoms with Gasteiger partial charge in [0.25, 0.3) is 0 Å². The molecule has 1 amide bonds. The molecule has 0 bridgehead atoms. The highest BCUT2D eigenvalue weighted by atomic mass is 16.2. The van der Waals surface area contributed by atoms with E-state index in [1.54, 1.807) is 0 Å². The van der Waals surface area contributed by atoms with Crippen molar-refractivity contribution in [2.75, 3.05) is 4.90 Å². The Morgan fingerprint density at radius 1 is 1.00 bits per heavy atom. The first kappa shape index (κ1) is 16.8. The fraction of sp³-hybridized carbons (Fsp3) is 0.409. The number of rotatable bonds is 3. The number of anilines is 1. The van der Waals surface area contributed by atoms with Crippen molar-refractivity contribution in [2.24, 2.45) is 0 Å². The highest BCUT2D eigenvalue weighted by Crippen LogP contribution is 2.50. The van der Waals surface area contributed by atoms with E-state index >= 15 is 0 Å². The number of amides is 1. The van der Waals surface area contributed by atoms with E-state index in [2.05, 4.69) is 76.2 Å². The first-order chi connectivity index (χ1) is 11.4. The van der Waals surface area contributed by atoms with Crippen LogP contribution >= 0.6 is 0 Å². The number of para-hydroxylation sites is 1. The van der Waals surface area contributed by atoms with Crippen molar-refractivity contribution in [3.63, 3.8) is 0 Å². The van der Waals surface area contributed by atoms with Crippen molar-refractivity contribution in [3.05, 3.63) is 65.7 Å². The summed E-state index contributed by atoms with van der Waals surface area (Å²) in [6, 6.07) is 19.1. The predicted octanol–water partition coefficient (Wildman–Crippen LogP) is 5.31. The normalized spacial score (nSPS) is 22.1. The Morgan fingerprint density at radius 3 is 2.29 bits per heavy atom. The van der Waals surface area contributed by atoms with Gasteiger partial charge in [-0.15, -0.1) is 0 Å². The average Bonchev–Trinajstić information content (AvgIpc) is 2.55. The molecule has 3 rings (SSSR count). The Hall–Kier alpha value is -2.09. The Balaban J connectivity index is 2.19. The van der Waals surface area contributed by atoms with Gasteiger partial charge >= 0.3 is 0 Å². The molecule has 0 spiro atoms. The molecular weight excluding hydrogens is 294 g/mol. The van der Waals surface area contributed by atoms with Gasteiger partial charge in [0.05, 0.1) is 0 Å². The van der Waals surface area contributed by atoms with E-state index < -0.39 is 0 Å². The van der Waals surface area contributed by atoms with E-state index in [0.717, 1.165) is 18.5 Å². The second-order valence-electron chi connectivity index (χ2n) is 7.68. The zero-order valence-electron chi connectivity index (χ0n) is 15.2. The van der Waals surface area contributed by atoms with Crippen LogP contribution in [-0.4, -0.2) is 11.4 Å². The van der Waals surface area contributed by atoms with Crippen LogP contribution in [0.4, 0.5) is 5.69 Å². The van der Waals surface area contributed by atoms with Crippen LogP contribution in [0.3, 0.4) is 0 Å². The molecule has 2 heteroatoms. The van der Waals surface area contributed by atoms with Crippen molar-refractivity contribution < 1.29 is 4.79 Å². The van der Waals surface area contributed by atoms with E-state index in [0.29, 0.717) is 6.42 Å². The van der Waals surface area contributed by atoms with E-state index in [-0.39, 0.29) is 16.9 Å². The predicted molar refractivity (Wildman–Crippen MR) is 100 cm³/mol. The minimum Gasteiger partial charge on any atom is -0.307 e. The van der Waals surface area contributed by atoms with Gasteiger partial charge < -0.3 is 4.90 Å². The van der Waals surface area contributed by atoms with Crippen LogP contribution in [0.15, 0.2) is 54.6 Å². The molecule has 0 saturated carbocycles. The molecule has 0 aliphatic carbocycles. The molecule has 1 heterocycles. The summed E-state index contributed by atoms with van der Waals surface area (Å²) < 4.78 is 0. The Labute approximate surface area is 145 Å². The first-order valence-electron chi connectivity index (χ1n) is 8.88. The molecule has 1 atom stereocenters. The van der Waals surface area contributed by atoms with Crippen molar-refractivity contribution in [2.45, 2.75) is 57.9 Å². The van der Waals surface area contributed by atoms with E-state index in [4.69, 9.17) is 0 Å². The third kappa shape index (κ3) is 2.64. The zero-order valence-corrected chi connectivity index (χ0v) is 15.2. The monoisotopic (exact) mass is 321 g/mol. The summed E-state index contributed by atoms with van der Waals surface area (Å²) in [5, 5.41) is 0. The van der Waals surface area contributed by atoms with Crippen LogP contribution in [0.1, 0.15) is 58.1 Å². The summed E-state index contributed by atoms with van der Waals surface area (Å²) >= 11 is 0. The van der Waals surface area contributed by atoms with Gasteiger partial charge in [-0.05, 0) is 43.9 Å². The smallest absolute Gasteiger partial charge is 0.227 e. The van der Waals surface area contributed by atoms with E-state index in [1.807, 2.05) is 11.0 Å². The molecule has 126 valence electrons. The standard InChI is InChI=1S/C22H27NO/c1-5-11-20(24)23-19-15-10-9-14-18(19)22(4,16-21(23,2)3)17-12-7-6-8-13-17/h6-10,12-15H,5,11,16H2,1-4H3/t22-/m0/s1. The molecule has 2 aromatic carbocycles. The molecule has 0 saturated heterocycles. The minimum absolute atomic E-state index is 0.0929. The van der Waals surface area contributed by atoms with Gasteiger partial charge in [-0.1, -0.05) is 62.4 Å². The maximum Gasteiger partial charge on any atom is 0.227 e. The summed E-state index contributed by atoms with van der Waals surface area (Å²) in [6.07, 6.45) is 2.39. The first-order valence-corrected chi connectivity index (χ1v) is 8.88. The second-order valence-corrected chi connectivity index (χ2v) is 7.68. The number of hydrogen-bond acceptors (Lipinski definition) is 1. The third-order valence-electron chi connectivity index (χ3n) is 5.26. The van der Waals surface area contributed by atoms with E-state index in [9.17, 15) is 4.79 Å². The maximum atomic E-state index is 12.8. The summed E-state index contributed by atoms with van der Waals surface area (Å²) in [6.45, 7) is 8.76. The largest absolute Gasteiger partial charge is 0.307 e. The molecule has 1 aliphatic rings. The summed E-state index contributed by atoms with van der Waals surface area (Å²) in [5.41, 5.74) is 3.32. The summed E-state index contributed by atoms with van der Waals surface area (Å²) in [7, 11) is 0. The molecule has 0 aromatic heterocycles. The quantitative estimate of drug-likeness (QED) is 0.750. The van der Waals surface area contributed by atoms with Crippen LogP contribution in [-0.2, 0) is 10.2 Å². The third-order valence-corrected chi connectivity index (χ3v) is 5.26. The fourth-order valence-electron chi connectivity index (χ4n) is 4.36. The molecule has 2 nitrogen and oxygen atoms in total. The molecule has 2 aromatic rings. The molecule has 24 heavy (non-hydrogen) atoms. The Morgan fingerprint density at radius 2 is 1.62 bits per heavy atom. The van der Waals surface area contributed by atoms with Crippen molar-refractivity contribution >= 4 is 11.6 Å². The van der Waals surface area contributed by atoms with Crippen LogP contribution in [0.25, 0.3) is 0 Å². The topological polar surface area (TPSA) is 20.3 Å². The molecule has 1 aliphatic heterocycles. The number of nitrogens with zero attached hydrogens (tertiary/aromatic N) is 1. The van der Waals surface area contributed by atoms with Gasteiger partial charge in [-0.25, -0.2) is 0 Å². The minimum atomic E-state index is -0.217. The number of carbonyl (C=O) groups excluding carboxylic acids is 1. The van der Waals surface area contributed by atoms with Crippen LogP contribution < -0.4 is 4.90 Å². The molecular formula is C22H27NO. The van der Waals surface area contributed by atoms with Gasteiger partial charge in [0.15, 0.2) is 0 Å². The average molecular weight is 321 g/mol. The van der Waals surface area contributed by atoms with Crippen molar-refractivity contribution in [3.8, 4) is 0 Å². The second kappa shape index (κ2) is 6.08. The van der Waals surface area contributed by atoms with Gasteiger partial charge in [-0.2, -0.15) is 0 Å². The molecule has 0 unspecified atom stereocenters. The van der Waals surface area contributed by atoms with E-state index in [1.165, 1.54) is 11.1 Å². The molecule has 0 fully saturated rings. The zero-order chi connectivity index (χ0) is 17.4. The maximum absolute atomic E-state index is 12.8. The number of carbonyl (C=O) groups is 1. The lowest BCUT2D eigenvalue weighted by Crippen LogP contribution is -2.55. The van der Waals surface area contributed by atoms with Gasteiger partial charge in [0.1, 0.15) is 0 Å². The molecule has 0 radical (unpaired) electrons. The Kier molecular flexibility index (Phi) is 4.25. The van der Waals surface area contributed by atoms with Gasteiger partial charge in [0, 0.05) is 23.1 Å². The van der Waals surface area contributed by atoms with Gasteiger partial charge in [-0.3, -0.25) is 4.79 Å². The van der Waals surface area contributed by atoms with Crippen LogP contribution in [0.5, 0.6) is 0 Å². The van der Waals surface area contributed by atoms with Crippen LogP contribution in [0, 0.1) is 0 Å². The van der Waals surface area contributed by atoms with Gasteiger partial charge in [0.2, 0.25) is 5.91 Å². The lowest BCUT2D eigenvalue weighted by molar-refractivity contribution is -0.120. The fourth-order valence-corrected chi connectivity index (χ4v) is 4.36. The van der Waals surface area contributed by atoms with Crippen molar-refractivity contribution in [1.29, 1.82) is 0 Å².